The van der Waals surface area contributed by atoms with Crippen LogP contribution >= 0.6 is 23.2 Å². The summed E-state index contributed by atoms with van der Waals surface area (Å²) in [6, 6.07) is 4.86. The molecule has 0 radical (unpaired) electrons. The topological polar surface area (TPSA) is 72.7 Å². The van der Waals surface area contributed by atoms with E-state index in [1.54, 1.807) is 18.2 Å². The molecule has 4 N–H and O–H groups in total. The van der Waals surface area contributed by atoms with Crippen molar-refractivity contribution in [1.29, 1.82) is 0 Å². The zero-order valence-corrected chi connectivity index (χ0v) is 11.4. The highest BCUT2D eigenvalue weighted by atomic mass is 35.5. The maximum absolute atomic E-state index is 10.5. The van der Waals surface area contributed by atoms with Crippen molar-refractivity contribution in [2.45, 2.75) is 12.0 Å². The van der Waals surface area contributed by atoms with Crippen LogP contribution in [0.25, 0.3) is 0 Å². The van der Waals surface area contributed by atoms with Gasteiger partial charge in [0.05, 0.1) is 16.7 Å². The number of benzene rings is 1. The van der Waals surface area contributed by atoms with Gasteiger partial charge in [0, 0.05) is 26.1 Å². The molecule has 1 atom stereocenters. The summed E-state index contributed by atoms with van der Waals surface area (Å²) < 4.78 is 0. The first-order chi connectivity index (χ1) is 8.53. The monoisotopic (exact) mass is 293 g/mol. The lowest BCUT2D eigenvalue weighted by Crippen LogP contribution is -2.40. The Morgan fingerprint density at radius 2 is 1.83 bits per heavy atom. The van der Waals surface area contributed by atoms with Crippen LogP contribution in [0.4, 0.5) is 0 Å². The maximum atomic E-state index is 10.5. The van der Waals surface area contributed by atoms with Gasteiger partial charge in [0.25, 0.3) is 0 Å². The minimum atomic E-state index is -1.24. The van der Waals surface area contributed by atoms with Crippen LogP contribution in [0.15, 0.2) is 18.2 Å². The molecule has 1 aromatic rings. The Bertz CT molecular complexity index is 390. The fourth-order valence-electron chi connectivity index (χ4n) is 1.68. The number of hydrogen-bond donors (Lipinski definition) is 4. The Balaban J connectivity index is 2.90. The average molecular weight is 294 g/mol. The van der Waals surface area contributed by atoms with Crippen molar-refractivity contribution in [2.75, 3.05) is 26.3 Å². The van der Waals surface area contributed by atoms with Crippen molar-refractivity contribution in [3.05, 3.63) is 33.8 Å². The smallest absolute Gasteiger partial charge is 0.104 e. The summed E-state index contributed by atoms with van der Waals surface area (Å²) >= 11 is 11.7. The van der Waals surface area contributed by atoms with Gasteiger partial charge in [-0.2, -0.15) is 0 Å². The van der Waals surface area contributed by atoms with Gasteiger partial charge in [-0.05, 0) is 17.7 Å². The first-order valence-corrected chi connectivity index (χ1v) is 6.39. The van der Waals surface area contributed by atoms with Gasteiger partial charge in [-0.3, -0.25) is 0 Å². The van der Waals surface area contributed by atoms with Crippen LogP contribution in [-0.4, -0.2) is 41.6 Å². The molecule has 4 nitrogen and oxygen atoms in total. The van der Waals surface area contributed by atoms with Crippen molar-refractivity contribution in [3.8, 4) is 0 Å². The summed E-state index contributed by atoms with van der Waals surface area (Å²) in [4.78, 5) is 0. The summed E-state index contributed by atoms with van der Waals surface area (Å²) in [5.41, 5.74) is -0.658. The third kappa shape index (κ3) is 4.09. The van der Waals surface area contributed by atoms with Crippen LogP contribution in [0.2, 0.25) is 10.0 Å². The van der Waals surface area contributed by atoms with E-state index < -0.39 is 5.60 Å². The second-order valence-corrected chi connectivity index (χ2v) is 4.85. The Hall–Kier alpha value is -0.360. The van der Waals surface area contributed by atoms with Gasteiger partial charge in [-0.25, -0.2) is 0 Å². The molecule has 6 heteroatoms. The van der Waals surface area contributed by atoms with E-state index in [9.17, 15) is 5.11 Å². The molecule has 0 saturated heterocycles. The number of hydrogen-bond acceptors (Lipinski definition) is 4. The molecule has 0 aliphatic carbocycles. The van der Waals surface area contributed by atoms with Crippen molar-refractivity contribution in [1.82, 2.24) is 5.32 Å². The first kappa shape index (κ1) is 15.7. The maximum Gasteiger partial charge on any atom is 0.104 e. The fourth-order valence-corrected chi connectivity index (χ4v) is 1.98. The van der Waals surface area contributed by atoms with E-state index in [1.807, 2.05) is 0 Å². The molecule has 0 heterocycles. The minimum Gasteiger partial charge on any atom is -0.396 e. The van der Waals surface area contributed by atoms with Gasteiger partial charge < -0.3 is 20.6 Å². The standard InChI is InChI=1S/C12H17Cl2NO3/c13-10-2-1-9(7-11(10)14)12(18,3-5-16)8-15-4-6-17/h1-2,7,15-18H,3-6,8H2/t12-/m0/s1. The normalized spacial score (nSPS) is 14.5. The van der Waals surface area contributed by atoms with E-state index in [4.69, 9.17) is 33.4 Å². The summed E-state index contributed by atoms with van der Waals surface area (Å²) in [6.45, 7) is 0.412. The zero-order valence-electron chi connectivity index (χ0n) is 9.87. The quantitative estimate of drug-likeness (QED) is 0.569. The van der Waals surface area contributed by atoms with E-state index in [-0.39, 0.29) is 26.2 Å². The Kier molecular flexibility index (Phi) is 6.35. The van der Waals surface area contributed by atoms with Crippen LogP contribution in [0, 0.1) is 0 Å². The largest absolute Gasteiger partial charge is 0.396 e. The lowest BCUT2D eigenvalue weighted by Gasteiger charge is -2.28. The van der Waals surface area contributed by atoms with E-state index in [1.165, 1.54) is 0 Å². The predicted molar refractivity (Wildman–Crippen MR) is 72.0 cm³/mol. The van der Waals surface area contributed by atoms with E-state index in [2.05, 4.69) is 5.32 Å². The molecule has 0 unspecified atom stereocenters. The average Bonchev–Trinajstić information content (AvgIpc) is 2.33. The third-order valence-electron chi connectivity index (χ3n) is 2.69. The number of aliphatic hydroxyl groups excluding tert-OH is 2. The molecular formula is C12H17Cl2NO3. The van der Waals surface area contributed by atoms with Crippen molar-refractivity contribution in [2.24, 2.45) is 0 Å². The zero-order chi connectivity index (χ0) is 13.6. The molecule has 0 saturated carbocycles. The molecule has 18 heavy (non-hydrogen) atoms. The Labute approximate surface area is 116 Å². The van der Waals surface area contributed by atoms with Crippen molar-refractivity contribution in [3.63, 3.8) is 0 Å². The molecule has 1 aromatic carbocycles. The van der Waals surface area contributed by atoms with Crippen LogP contribution in [0.3, 0.4) is 0 Å². The van der Waals surface area contributed by atoms with Crippen molar-refractivity contribution >= 4 is 23.2 Å². The molecule has 0 bridgehead atoms. The Morgan fingerprint density at radius 1 is 1.11 bits per heavy atom. The number of aliphatic hydroxyl groups is 3. The number of halogens is 2. The fraction of sp³-hybridized carbons (Fsp3) is 0.500. The van der Waals surface area contributed by atoms with Gasteiger partial charge in [-0.1, -0.05) is 29.3 Å². The molecule has 0 spiro atoms. The summed E-state index contributed by atoms with van der Waals surface area (Å²) in [5.74, 6) is 0. The van der Waals surface area contributed by atoms with E-state index in [0.717, 1.165) is 0 Å². The van der Waals surface area contributed by atoms with Gasteiger partial charge in [0.1, 0.15) is 5.60 Å². The SMILES string of the molecule is OCCNC[C@@](O)(CCO)c1ccc(Cl)c(Cl)c1. The molecule has 0 fully saturated rings. The van der Waals surface area contributed by atoms with Crippen LogP contribution < -0.4 is 5.32 Å². The summed E-state index contributed by atoms with van der Waals surface area (Å²) in [6.07, 6.45) is 0.170. The minimum absolute atomic E-state index is 0.0173. The molecule has 0 aliphatic heterocycles. The van der Waals surface area contributed by atoms with Gasteiger partial charge in [0.2, 0.25) is 0 Å². The summed E-state index contributed by atoms with van der Waals surface area (Å²) in [5, 5.41) is 32.0. The molecule has 102 valence electrons. The third-order valence-corrected chi connectivity index (χ3v) is 3.43. The number of rotatable bonds is 7. The van der Waals surface area contributed by atoms with E-state index in [0.29, 0.717) is 22.2 Å². The van der Waals surface area contributed by atoms with Gasteiger partial charge in [-0.15, -0.1) is 0 Å². The molecule has 0 amide bonds. The van der Waals surface area contributed by atoms with Crippen molar-refractivity contribution < 1.29 is 15.3 Å². The molecule has 1 rings (SSSR count). The lowest BCUT2D eigenvalue weighted by atomic mass is 9.90. The van der Waals surface area contributed by atoms with Gasteiger partial charge in [0.15, 0.2) is 0 Å². The van der Waals surface area contributed by atoms with Crippen LogP contribution in [-0.2, 0) is 5.60 Å². The predicted octanol–water partition coefficient (Wildman–Crippen LogP) is 1.15. The van der Waals surface area contributed by atoms with Crippen LogP contribution in [0.1, 0.15) is 12.0 Å². The molecule has 0 aliphatic rings. The molecular weight excluding hydrogens is 277 g/mol. The highest BCUT2D eigenvalue weighted by Crippen LogP contribution is 2.30. The van der Waals surface area contributed by atoms with Gasteiger partial charge >= 0.3 is 0 Å². The second kappa shape index (κ2) is 7.28. The molecule has 0 aromatic heterocycles. The lowest BCUT2D eigenvalue weighted by molar-refractivity contribution is 0.0114. The Morgan fingerprint density at radius 3 is 2.39 bits per heavy atom. The summed E-state index contributed by atoms with van der Waals surface area (Å²) in [7, 11) is 0. The van der Waals surface area contributed by atoms with Crippen LogP contribution in [0.5, 0.6) is 0 Å². The highest BCUT2D eigenvalue weighted by molar-refractivity contribution is 6.42. The first-order valence-electron chi connectivity index (χ1n) is 5.64. The number of nitrogens with one attached hydrogen (secondary N) is 1. The highest BCUT2D eigenvalue weighted by Gasteiger charge is 2.28. The van der Waals surface area contributed by atoms with E-state index >= 15 is 0 Å². The second-order valence-electron chi connectivity index (χ2n) is 4.03.